The van der Waals surface area contributed by atoms with Crippen LogP contribution < -0.4 is 11.5 Å². The predicted octanol–water partition coefficient (Wildman–Crippen LogP) is 0.701. The average Bonchev–Trinajstić information content (AvgIpc) is 2.27. The van der Waals surface area contributed by atoms with Gasteiger partial charge in [-0.25, -0.2) is 0 Å². The van der Waals surface area contributed by atoms with E-state index < -0.39 is 0 Å². The molecule has 0 radical (unpaired) electrons. The lowest BCUT2D eigenvalue weighted by molar-refractivity contribution is -0.119. The minimum absolute atomic E-state index is 0.153. The highest BCUT2D eigenvalue weighted by molar-refractivity contribution is 5.74. The maximum Gasteiger partial charge on any atom is 0.219 e. The van der Waals surface area contributed by atoms with E-state index in [1.807, 2.05) is 0 Å². The molecule has 0 aromatic heterocycles. The highest BCUT2D eigenvalue weighted by atomic mass is 16.1. The van der Waals surface area contributed by atoms with Crippen molar-refractivity contribution in [1.29, 1.82) is 0 Å². The molecule has 1 aliphatic rings. The summed E-state index contributed by atoms with van der Waals surface area (Å²) in [5, 5.41) is 0. The summed E-state index contributed by atoms with van der Waals surface area (Å²) in [6.07, 6.45) is 5.48. The number of hydrogen-bond acceptors (Lipinski definition) is 3. The van der Waals surface area contributed by atoms with Crippen LogP contribution in [-0.2, 0) is 4.79 Å². The average molecular weight is 227 g/mol. The van der Waals surface area contributed by atoms with Gasteiger partial charge in [0.15, 0.2) is 0 Å². The fraction of sp³-hybridized carbons (Fsp3) is 0.917. The van der Waals surface area contributed by atoms with Crippen molar-refractivity contribution in [2.24, 2.45) is 17.4 Å². The zero-order valence-electron chi connectivity index (χ0n) is 10.3. The highest BCUT2D eigenvalue weighted by Gasteiger charge is 2.24. The lowest BCUT2D eigenvalue weighted by Gasteiger charge is -2.36. The topological polar surface area (TPSA) is 72.3 Å². The first-order valence-corrected chi connectivity index (χ1v) is 6.39. The highest BCUT2D eigenvalue weighted by Crippen LogP contribution is 2.23. The standard InChI is InChI=1S/C12H25N3O/c1-2-3-10-4-6-15(7-5-10)11(9-13)8-12(14)16/h10-11H,2-9,13H2,1H3,(H2,14,16). The first-order chi connectivity index (χ1) is 7.67. The van der Waals surface area contributed by atoms with Gasteiger partial charge in [0.25, 0.3) is 0 Å². The zero-order valence-corrected chi connectivity index (χ0v) is 10.3. The summed E-state index contributed by atoms with van der Waals surface area (Å²) in [6, 6.07) is 0.153. The van der Waals surface area contributed by atoms with Crippen LogP contribution in [0, 0.1) is 5.92 Å². The quantitative estimate of drug-likeness (QED) is 0.701. The minimum Gasteiger partial charge on any atom is -0.370 e. The summed E-state index contributed by atoms with van der Waals surface area (Å²) < 4.78 is 0. The summed E-state index contributed by atoms with van der Waals surface area (Å²) in [5.41, 5.74) is 10.9. The Bertz CT molecular complexity index is 212. The van der Waals surface area contributed by atoms with Crippen LogP contribution in [0.15, 0.2) is 0 Å². The van der Waals surface area contributed by atoms with Crippen LogP contribution in [0.25, 0.3) is 0 Å². The largest absolute Gasteiger partial charge is 0.370 e. The lowest BCUT2D eigenvalue weighted by Crippen LogP contribution is -2.46. The van der Waals surface area contributed by atoms with Crippen LogP contribution in [-0.4, -0.2) is 36.5 Å². The fourth-order valence-corrected chi connectivity index (χ4v) is 2.61. The number of piperidine rings is 1. The second kappa shape index (κ2) is 6.86. The van der Waals surface area contributed by atoms with Gasteiger partial charge in [0.1, 0.15) is 0 Å². The van der Waals surface area contributed by atoms with Crippen molar-refractivity contribution >= 4 is 5.91 Å². The molecule has 1 atom stereocenters. The van der Waals surface area contributed by atoms with Crippen molar-refractivity contribution in [3.8, 4) is 0 Å². The number of amides is 1. The van der Waals surface area contributed by atoms with Crippen molar-refractivity contribution in [3.63, 3.8) is 0 Å². The summed E-state index contributed by atoms with van der Waals surface area (Å²) >= 11 is 0. The van der Waals surface area contributed by atoms with E-state index in [2.05, 4.69) is 11.8 Å². The molecule has 0 bridgehead atoms. The second-order valence-corrected chi connectivity index (χ2v) is 4.83. The number of nitrogens with two attached hydrogens (primary N) is 2. The first kappa shape index (κ1) is 13.5. The van der Waals surface area contributed by atoms with Gasteiger partial charge in [-0.05, 0) is 31.8 Å². The molecule has 1 fully saturated rings. The van der Waals surface area contributed by atoms with E-state index in [4.69, 9.17) is 11.5 Å². The van der Waals surface area contributed by atoms with Gasteiger partial charge in [-0.3, -0.25) is 9.69 Å². The number of carbonyl (C=O) groups is 1. The Labute approximate surface area is 98.3 Å². The van der Waals surface area contributed by atoms with Crippen molar-refractivity contribution in [3.05, 3.63) is 0 Å². The smallest absolute Gasteiger partial charge is 0.219 e. The Kier molecular flexibility index (Phi) is 5.77. The predicted molar refractivity (Wildman–Crippen MR) is 65.9 cm³/mol. The number of likely N-dealkylation sites (tertiary alicyclic amines) is 1. The third kappa shape index (κ3) is 4.10. The van der Waals surface area contributed by atoms with Crippen molar-refractivity contribution in [2.45, 2.75) is 45.1 Å². The lowest BCUT2D eigenvalue weighted by atomic mass is 9.91. The SMILES string of the molecule is CCCC1CCN(C(CN)CC(N)=O)CC1. The molecule has 1 amide bonds. The summed E-state index contributed by atoms with van der Waals surface area (Å²) in [6.45, 7) is 4.91. The van der Waals surface area contributed by atoms with Crippen molar-refractivity contribution < 1.29 is 4.79 Å². The molecule has 4 nitrogen and oxygen atoms in total. The Morgan fingerprint density at radius 1 is 1.44 bits per heavy atom. The van der Waals surface area contributed by atoms with Crippen LogP contribution >= 0.6 is 0 Å². The molecule has 0 saturated carbocycles. The number of nitrogens with zero attached hydrogens (tertiary/aromatic N) is 1. The minimum atomic E-state index is -0.244. The van der Waals surface area contributed by atoms with Crippen molar-refractivity contribution in [2.75, 3.05) is 19.6 Å². The Morgan fingerprint density at radius 3 is 2.50 bits per heavy atom. The number of primary amides is 1. The molecule has 1 heterocycles. The van der Waals surface area contributed by atoms with E-state index in [9.17, 15) is 4.79 Å². The number of rotatable bonds is 6. The van der Waals surface area contributed by atoms with Crippen LogP contribution in [0.4, 0.5) is 0 Å². The van der Waals surface area contributed by atoms with Crippen LogP contribution in [0.3, 0.4) is 0 Å². The van der Waals surface area contributed by atoms with Gasteiger partial charge in [0, 0.05) is 19.0 Å². The molecule has 0 aliphatic carbocycles. The summed E-state index contributed by atoms with van der Waals surface area (Å²) in [4.78, 5) is 13.2. The zero-order chi connectivity index (χ0) is 12.0. The molecule has 1 saturated heterocycles. The Morgan fingerprint density at radius 2 is 2.06 bits per heavy atom. The fourth-order valence-electron chi connectivity index (χ4n) is 2.61. The third-order valence-corrected chi connectivity index (χ3v) is 3.57. The molecule has 94 valence electrons. The van der Waals surface area contributed by atoms with Gasteiger partial charge >= 0.3 is 0 Å². The van der Waals surface area contributed by atoms with Gasteiger partial charge in [-0.1, -0.05) is 19.8 Å². The van der Waals surface area contributed by atoms with Gasteiger partial charge in [-0.15, -0.1) is 0 Å². The van der Waals surface area contributed by atoms with E-state index >= 15 is 0 Å². The van der Waals surface area contributed by atoms with E-state index in [0.717, 1.165) is 19.0 Å². The van der Waals surface area contributed by atoms with Crippen molar-refractivity contribution in [1.82, 2.24) is 4.90 Å². The van der Waals surface area contributed by atoms with Gasteiger partial charge in [0.2, 0.25) is 5.91 Å². The molecular formula is C12H25N3O. The normalized spacial score (nSPS) is 20.9. The van der Waals surface area contributed by atoms with E-state index in [1.54, 1.807) is 0 Å². The number of carbonyl (C=O) groups excluding carboxylic acids is 1. The molecule has 0 aromatic carbocycles. The first-order valence-electron chi connectivity index (χ1n) is 6.39. The van der Waals surface area contributed by atoms with Gasteiger partial charge in [0.05, 0.1) is 0 Å². The van der Waals surface area contributed by atoms with Gasteiger partial charge in [-0.2, -0.15) is 0 Å². The second-order valence-electron chi connectivity index (χ2n) is 4.83. The monoisotopic (exact) mass is 227 g/mol. The van der Waals surface area contributed by atoms with Crippen LogP contribution in [0.5, 0.6) is 0 Å². The van der Waals surface area contributed by atoms with E-state index in [0.29, 0.717) is 13.0 Å². The molecule has 16 heavy (non-hydrogen) atoms. The molecular weight excluding hydrogens is 202 g/mol. The van der Waals surface area contributed by atoms with Crippen LogP contribution in [0.1, 0.15) is 39.0 Å². The Balaban J connectivity index is 2.35. The summed E-state index contributed by atoms with van der Waals surface area (Å²) in [5.74, 6) is 0.624. The molecule has 1 rings (SSSR count). The van der Waals surface area contributed by atoms with Gasteiger partial charge < -0.3 is 11.5 Å². The molecule has 1 unspecified atom stereocenters. The number of hydrogen-bond donors (Lipinski definition) is 2. The van der Waals surface area contributed by atoms with E-state index in [1.165, 1.54) is 25.7 Å². The maximum absolute atomic E-state index is 10.9. The molecule has 0 spiro atoms. The molecule has 1 aliphatic heterocycles. The molecule has 0 aromatic rings. The van der Waals surface area contributed by atoms with E-state index in [-0.39, 0.29) is 11.9 Å². The third-order valence-electron chi connectivity index (χ3n) is 3.57. The maximum atomic E-state index is 10.9. The molecule has 4 N–H and O–H groups in total. The molecule has 4 heteroatoms. The summed E-state index contributed by atoms with van der Waals surface area (Å²) in [7, 11) is 0. The Hall–Kier alpha value is -0.610. The van der Waals surface area contributed by atoms with Crippen LogP contribution in [0.2, 0.25) is 0 Å².